The van der Waals surface area contributed by atoms with Gasteiger partial charge in [-0.05, 0) is 73.1 Å². The lowest BCUT2D eigenvalue weighted by Crippen LogP contribution is -2.70. The number of aliphatic hydroxyl groups is 10. The minimum Gasteiger partial charge on any atom is -0.480 e. The van der Waals surface area contributed by atoms with E-state index in [1.165, 1.54) is 27.7 Å². The topological polar surface area (TPSA) is 605 Å². The summed E-state index contributed by atoms with van der Waals surface area (Å²) >= 11 is 0. The molecule has 546 valence electrons. The predicted octanol–water partition coefficient (Wildman–Crippen LogP) is -11.7. The summed E-state index contributed by atoms with van der Waals surface area (Å²) < 4.78 is 23.7. The van der Waals surface area contributed by atoms with Crippen LogP contribution in [-0.2, 0) is 76.5 Å². The van der Waals surface area contributed by atoms with Crippen LogP contribution in [0.5, 0.6) is 0 Å². The third-order valence-electron chi connectivity index (χ3n) is 16.5. The van der Waals surface area contributed by atoms with Crippen molar-refractivity contribution in [2.24, 2.45) is 11.7 Å². The van der Waals surface area contributed by atoms with Crippen molar-refractivity contribution < 1.29 is 133 Å². The lowest BCUT2D eigenvalue weighted by Gasteiger charge is -2.48. The van der Waals surface area contributed by atoms with Gasteiger partial charge in [-0.3, -0.25) is 57.5 Å². The molecule has 96 heavy (non-hydrogen) atoms. The SMILES string of the molecule is CC(=O)N[C@H]1[C@H](O[C@H]2[C@@H](O)[C@@H](CO)O[C@H](O[C@@H](C)[C@H](NC(=O)[C@@H]3CCCN3C(=O)[C@@H](NC(=O)[C@@H]3CCCN3C(=O)[C@@H](NC(=O)[C@@H](NC(=O)[C@@H](NC(=O)[C@@H](NC(=O)[C@@H](N)[C@@H](C)O)[C@@H](C)O)[C@@H](C)O)C(C)C)[C@@H](C)O)[C@@H](C)O)C(=O)NCC(=O)O)[C@@H]2NC(C)=O)O[C@H](CO)[C@@H](O)[C@@H]1O. The van der Waals surface area contributed by atoms with Crippen LogP contribution in [0.2, 0.25) is 0 Å². The second-order valence-corrected chi connectivity index (χ2v) is 24.7. The van der Waals surface area contributed by atoms with Crippen LogP contribution < -0.4 is 53.6 Å². The smallest absolute Gasteiger partial charge is 0.322 e. The van der Waals surface area contributed by atoms with E-state index < -0.39 is 249 Å². The number of aliphatic carboxylic acids is 1. The van der Waals surface area contributed by atoms with Crippen LogP contribution in [0.15, 0.2) is 0 Å². The maximum Gasteiger partial charge on any atom is 0.322 e. The maximum atomic E-state index is 14.5. The number of carboxylic acid groups (broad SMARTS) is 1. The molecule has 0 aromatic rings. The fourth-order valence-electron chi connectivity index (χ4n) is 11.2. The lowest BCUT2D eigenvalue weighted by molar-refractivity contribution is -0.332. The number of hydrogen-bond donors (Lipinski definition) is 21. The van der Waals surface area contributed by atoms with Gasteiger partial charge in [-0.25, -0.2) is 0 Å². The molecule has 11 amide bonds. The Morgan fingerprint density at radius 1 is 0.510 bits per heavy atom. The maximum absolute atomic E-state index is 14.5. The fourth-order valence-corrected chi connectivity index (χ4v) is 11.2. The van der Waals surface area contributed by atoms with Gasteiger partial charge in [0.1, 0.15) is 110 Å². The highest BCUT2D eigenvalue weighted by molar-refractivity contribution is 5.99. The van der Waals surface area contributed by atoms with Crippen molar-refractivity contribution in [3.05, 3.63) is 0 Å². The third-order valence-corrected chi connectivity index (χ3v) is 16.5. The quantitative estimate of drug-likeness (QED) is 0.0297. The Bertz CT molecular complexity index is 2730. The van der Waals surface area contributed by atoms with Crippen LogP contribution in [0, 0.1) is 5.92 Å². The molecule has 4 rings (SSSR count). The highest BCUT2D eigenvalue weighted by Crippen LogP contribution is 2.31. The Hall–Kier alpha value is -6.96. The van der Waals surface area contributed by atoms with E-state index in [1.54, 1.807) is 0 Å². The van der Waals surface area contributed by atoms with Gasteiger partial charge in [0.15, 0.2) is 12.6 Å². The van der Waals surface area contributed by atoms with E-state index >= 15 is 0 Å². The first-order valence-corrected chi connectivity index (χ1v) is 31.3. The number of hydrogen-bond acceptors (Lipinski definition) is 27. The summed E-state index contributed by atoms with van der Waals surface area (Å²) in [6.07, 6.45) is -23.7. The van der Waals surface area contributed by atoms with E-state index in [0.717, 1.165) is 51.3 Å². The van der Waals surface area contributed by atoms with Crippen molar-refractivity contribution >= 4 is 70.9 Å². The zero-order chi connectivity index (χ0) is 72.7. The van der Waals surface area contributed by atoms with Gasteiger partial charge in [0, 0.05) is 26.9 Å². The molecule has 4 aliphatic rings. The molecule has 25 atom stereocenters. The minimum atomic E-state index is -1.92. The number of ether oxygens (including phenoxy) is 4. The first kappa shape index (κ1) is 81.5. The summed E-state index contributed by atoms with van der Waals surface area (Å²) in [5.74, 6) is -13.6. The molecule has 4 aliphatic heterocycles. The van der Waals surface area contributed by atoms with Crippen LogP contribution in [-0.4, -0.2) is 322 Å². The number of carbonyl (C=O) groups excluding carboxylic acids is 11. The zero-order valence-corrected chi connectivity index (χ0v) is 54.8. The summed E-state index contributed by atoms with van der Waals surface area (Å²) in [4.78, 5) is 164. The molecule has 0 bridgehead atoms. The van der Waals surface area contributed by atoms with Crippen LogP contribution in [0.1, 0.15) is 94.9 Å². The van der Waals surface area contributed by atoms with E-state index in [4.69, 9.17) is 24.7 Å². The molecule has 4 heterocycles. The van der Waals surface area contributed by atoms with Gasteiger partial charge < -0.3 is 139 Å². The monoisotopic (exact) mass is 1380 g/mol. The summed E-state index contributed by atoms with van der Waals surface area (Å²) in [6, 6.07) is -18.4. The van der Waals surface area contributed by atoms with E-state index in [9.17, 15) is 114 Å². The first-order valence-electron chi connectivity index (χ1n) is 31.3. The predicted molar refractivity (Wildman–Crippen MR) is 323 cm³/mol. The highest BCUT2D eigenvalue weighted by atomic mass is 16.7. The average molecular weight is 1380 g/mol. The van der Waals surface area contributed by atoms with Gasteiger partial charge in [0.2, 0.25) is 65.0 Å². The molecule has 39 nitrogen and oxygen atoms in total. The Morgan fingerprint density at radius 3 is 1.35 bits per heavy atom. The van der Waals surface area contributed by atoms with Crippen molar-refractivity contribution in [1.29, 1.82) is 0 Å². The largest absolute Gasteiger partial charge is 0.480 e. The van der Waals surface area contributed by atoms with Gasteiger partial charge >= 0.3 is 5.97 Å². The number of carbonyl (C=O) groups is 12. The standard InChI is InChI=1S/C57H96N12O27/c1-20(2)35(62-52(89)37(23(5)74)64-53(90)36(22(4)73)63-49(86)34(58)21(3)72)51(88)66-39(25(7)76)55(92)68-15-11-13-29(68)47(84)65-38(24(6)75)54(91)69-16-12-14-30(69)48(85)67-40(50(87)59-17-33(79)80)26(8)93-57-42(61-28(10)78)46(44(82)32(19-71)95-57)96-56-41(60-27(9)77)45(83)43(81)31(18-70)94-56/h20-26,29-32,34-46,56-57,70-76,81-83H,11-19,58H2,1-10H3,(H,59,87)(H,60,77)(H,61,78)(H,62,89)(H,63,86)(H,64,90)(H,65,84)(H,66,88)(H,67,85)(H,79,80)/t21-,22-,23-,24-,25-,26+,29+,30+,31-,32-,34+,35+,36+,37+,38+,39+,40+,41-,42-,43-,44+,45-,46-,56+,57+/m1/s1. The minimum absolute atomic E-state index is 0.0518. The molecule has 0 spiro atoms. The average Bonchev–Trinajstić information content (AvgIpc) is 0.843. The molecule has 0 aliphatic carbocycles. The van der Waals surface area contributed by atoms with Crippen LogP contribution in [0.3, 0.4) is 0 Å². The molecule has 22 N–H and O–H groups in total. The zero-order valence-electron chi connectivity index (χ0n) is 54.8. The Balaban J connectivity index is 1.54. The Morgan fingerprint density at radius 2 is 0.917 bits per heavy atom. The summed E-state index contributed by atoms with van der Waals surface area (Å²) in [7, 11) is 0. The number of nitrogens with zero attached hydrogens (tertiary/aromatic N) is 2. The van der Waals surface area contributed by atoms with Crippen molar-refractivity contribution in [3.63, 3.8) is 0 Å². The summed E-state index contributed by atoms with van der Waals surface area (Å²) in [5, 5.41) is 136. The van der Waals surface area contributed by atoms with Crippen LogP contribution in [0.4, 0.5) is 0 Å². The van der Waals surface area contributed by atoms with Crippen molar-refractivity contribution in [2.45, 2.75) is 247 Å². The van der Waals surface area contributed by atoms with Crippen molar-refractivity contribution in [1.82, 2.24) is 57.7 Å². The van der Waals surface area contributed by atoms with E-state index in [-0.39, 0.29) is 38.8 Å². The number of aliphatic hydroxyl groups excluding tert-OH is 10. The molecule has 4 saturated heterocycles. The summed E-state index contributed by atoms with van der Waals surface area (Å²) in [5.41, 5.74) is 5.65. The van der Waals surface area contributed by atoms with Crippen LogP contribution >= 0.6 is 0 Å². The summed E-state index contributed by atoms with van der Waals surface area (Å²) in [6.45, 7) is 8.76. The van der Waals surface area contributed by atoms with Gasteiger partial charge in [-0.1, -0.05) is 13.8 Å². The molecular formula is C57H96N12O27. The van der Waals surface area contributed by atoms with Gasteiger partial charge in [0.25, 0.3) is 0 Å². The van der Waals surface area contributed by atoms with Crippen molar-refractivity contribution in [2.75, 3.05) is 32.8 Å². The van der Waals surface area contributed by atoms with Gasteiger partial charge in [-0.15, -0.1) is 0 Å². The van der Waals surface area contributed by atoms with Gasteiger partial charge in [0.05, 0.1) is 49.8 Å². The number of amides is 11. The number of rotatable bonds is 32. The molecule has 0 aromatic carbocycles. The molecule has 39 heteroatoms. The Kier molecular flexibility index (Phi) is 31.0. The number of carboxylic acids is 1. The molecular weight excluding hydrogens is 1280 g/mol. The number of nitrogens with one attached hydrogen (secondary N) is 9. The Labute approximate surface area is 551 Å². The second kappa shape index (κ2) is 36.6. The fraction of sp³-hybridized carbons (Fsp3) is 0.789. The first-order chi connectivity index (χ1) is 44.8. The number of nitrogens with two attached hydrogens (primary N) is 1. The highest BCUT2D eigenvalue weighted by Gasteiger charge is 2.54. The molecule has 0 unspecified atom stereocenters. The normalized spacial score (nSPS) is 28.4. The van der Waals surface area contributed by atoms with E-state index in [1.807, 2.05) is 0 Å². The molecule has 0 aromatic heterocycles. The van der Waals surface area contributed by atoms with E-state index in [2.05, 4.69) is 47.9 Å². The second-order valence-electron chi connectivity index (χ2n) is 24.7. The third kappa shape index (κ3) is 21.3. The molecule has 0 saturated carbocycles. The van der Waals surface area contributed by atoms with Gasteiger partial charge in [-0.2, -0.15) is 0 Å². The molecule has 0 radical (unpaired) electrons. The van der Waals surface area contributed by atoms with E-state index in [0.29, 0.717) is 0 Å². The number of likely N-dealkylation sites (tertiary alicyclic amines) is 2. The lowest BCUT2D eigenvalue weighted by atomic mass is 9.94. The molecule has 4 fully saturated rings. The van der Waals surface area contributed by atoms with Crippen molar-refractivity contribution in [3.8, 4) is 0 Å². The van der Waals surface area contributed by atoms with Crippen LogP contribution in [0.25, 0.3) is 0 Å².